The van der Waals surface area contributed by atoms with Crippen LogP contribution in [-0.2, 0) is 0 Å². The van der Waals surface area contributed by atoms with Crippen LogP contribution < -0.4 is 0 Å². The Morgan fingerprint density at radius 1 is 0.892 bits per heavy atom. The summed E-state index contributed by atoms with van der Waals surface area (Å²) in [5, 5.41) is 32.4. The van der Waals surface area contributed by atoms with Crippen molar-refractivity contribution in [2.45, 2.75) is 109 Å². The van der Waals surface area contributed by atoms with Gasteiger partial charge in [-0.1, -0.05) is 51.1 Å². The van der Waals surface area contributed by atoms with E-state index in [0.717, 1.165) is 44.1 Å². The molecule has 4 aliphatic rings. The summed E-state index contributed by atoms with van der Waals surface area (Å²) in [5.41, 5.74) is -1.71. The van der Waals surface area contributed by atoms with Gasteiger partial charge in [-0.15, -0.1) is 0 Å². The smallest absolute Gasteiger partial charge is 0.393 e. The Bertz CT molecular complexity index is 953. The monoisotopic (exact) mass is 522 g/mol. The fraction of sp³-hybridized carbons (Fsp3) is 0.806. The molecule has 5 rings (SSSR count). The molecule has 0 aromatic heterocycles. The zero-order valence-electron chi connectivity index (χ0n) is 22.6. The highest BCUT2D eigenvalue weighted by Crippen LogP contribution is 2.69. The van der Waals surface area contributed by atoms with Gasteiger partial charge in [0.15, 0.2) is 5.60 Å². The molecule has 208 valence electrons. The fourth-order valence-corrected chi connectivity index (χ4v) is 9.93. The van der Waals surface area contributed by atoms with E-state index in [-0.39, 0.29) is 35.5 Å². The lowest BCUT2D eigenvalue weighted by Crippen LogP contribution is -2.59. The number of halogens is 3. The van der Waals surface area contributed by atoms with Gasteiger partial charge in [0, 0.05) is 6.42 Å². The van der Waals surface area contributed by atoms with E-state index in [1.54, 1.807) is 0 Å². The fourth-order valence-electron chi connectivity index (χ4n) is 9.93. The Kier molecular flexibility index (Phi) is 7.06. The van der Waals surface area contributed by atoms with Crippen molar-refractivity contribution >= 4 is 0 Å². The maximum Gasteiger partial charge on any atom is 0.417 e. The highest BCUT2D eigenvalue weighted by Gasteiger charge is 2.65. The summed E-state index contributed by atoms with van der Waals surface area (Å²) in [6.07, 6.45) is 0.629. The lowest BCUT2D eigenvalue weighted by Gasteiger charge is -2.62. The van der Waals surface area contributed by atoms with Gasteiger partial charge in [0.1, 0.15) is 0 Å². The Hall–Kier alpha value is -1.11. The van der Waals surface area contributed by atoms with Crippen molar-refractivity contribution in [1.29, 1.82) is 0 Å². The van der Waals surface area contributed by atoms with E-state index in [9.17, 15) is 28.5 Å². The SMILES string of the molecule is C[C@H]([C@H](O)C[C@H](O)c1ccccc1)[C@H]1CC[C@H]2[C@@H]3CC[C@H]4C[C@](O)(C(F)(F)F)CC[C@]4(C)[C@H]3CC[C@]12C. The summed E-state index contributed by atoms with van der Waals surface area (Å²) in [7, 11) is 0. The average Bonchev–Trinajstić information content (AvgIpc) is 3.21. The van der Waals surface area contributed by atoms with Crippen molar-refractivity contribution in [1.82, 2.24) is 0 Å². The number of rotatable bonds is 5. The molecule has 1 aromatic carbocycles. The maximum atomic E-state index is 13.6. The third-order valence-corrected chi connectivity index (χ3v) is 12.2. The van der Waals surface area contributed by atoms with Gasteiger partial charge in [0.25, 0.3) is 0 Å². The summed E-state index contributed by atoms with van der Waals surface area (Å²) >= 11 is 0. The number of fused-ring (bicyclic) bond motifs is 5. The molecule has 0 bridgehead atoms. The largest absolute Gasteiger partial charge is 0.417 e. The van der Waals surface area contributed by atoms with Gasteiger partial charge in [-0.25, -0.2) is 0 Å². The number of hydrogen-bond donors (Lipinski definition) is 3. The molecule has 0 unspecified atom stereocenters. The first-order chi connectivity index (χ1) is 17.3. The van der Waals surface area contributed by atoms with Crippen LogP contribution in [-0.4, -0.2) is 33.2 Å². The van der Waals surface area contributed by atoms with E-state index in [1.807, 2.05) is 30.3 Å². The zero-order chi connectivity index (χ0) is 26.8. The molecule has 4 fully saturated rings. The Morgan fingerprint density at radius 3 is 2.24 bits per heavy atom. The first-order valence-electron chi connectivity index (χ1n) is 14.5. The minimum absolute atomic E-state index is 0.0732. The van der Waals surface area contributed by atoms with Crippen molar-refractivity contribution in [2.24, 2.45) is 46.3 Å². The van der Waals surface area contributed by atoms with Crippen molar-refractivity contribution in [3.63, 3.8) is 0 Å². The van der Waals surface area contributed by atoms with Crippen LogP contribution in [0.3, 0.4) is 0 Å². The van der Waals surface area contributed by atoms with E-state index in [0.29, 0.717) is 36.5 Å². The molecule has 1 aromatic rings. The van der Waals surface area contributed by atoms with Gasteiger partial charge in [-0.3, -0.25) is 0 Å². The van der Waals surface area contributed by atoms with Crippen LogP contribution in [0.4, 0.5) is 13.2 Å². The number of aliphatic hydroxyl groups excluding tert-OH is 2. The lowest BCUT2D eigenvalue weighted by molar-refractivity contribution is -0.290. The van der Waals surface area contributed by atoms with Crippen LogP contribution in [0.25, 0.3) is 0 Å². The topological polar surface area (TPSA) is 60.7 Å². The van der Waals surface area contributed by atoms with Crippen molar-refractivity contribution < 1.29 is 28.5 Å². The first kappa shape index (κ1) is 27.5. The molecule has 0 radical (unpaired) electrons. The summed E-state index contributed by atoms with van der Waals surface area (Å²) in [5.74, 6) is 1.85. The van der Waals surface area contributed by atoms with Crippen LogP contribution in [0.5, 0.6) is 0 Å². The lowest BCUT2D eigenvalue weighted by atomic mass is 9.43. The summed E-state index contributed by atoms with van der Waals surface area (Å²) < 4.78 is 40.9. The van der Waals surface area contributed by atoms with Crippen LogP contribution in [0, 0.1) is 46.3 Å². The molecule has 3 nitrogen and oxygen atoms in total. The molecule has 4 saturated carbocycles. The normalized spacial score (nSPS) is 44.3. The van der Waals surface area contributed by atoms with E-state index in [1.165, 1.54) is 0 Å². The predicted molar refractivity (Wildman–Crippen MR) is 137 cm³/mol. The summed E-state index contributed by atoms with van der Waals surface area (Å²) in [4.78, 5) is 0. The molecule has 0 amide bonds. The third kappa shape index (κ3) is 4.47. The number of aliphatic hydroxyl groups is 3. The molecule has 0 heterocycles. The second kappa shape index (κ2) is 9.52. The Labute approximate surface area is 219 Å². The highest BCUT2D eigenvalue weighted by molar-refractivity contribution is 5.18. The van der Waals surface area contributed by atoms with Crippen LogP contribution in [0.2, 0.25) is 0 Å². The zero-order valence-corrected chi connectivity index (χ0v) is 22.6. The van der Waals surface area contributed by atoms with E-state index in [4.69, 9.17) is 0 Å². The van der Waals surface area contributed by atoms with Gasteiger partial charge in [0.05, 0.1) is 12.2 Å². The molecule has 4 aliphatic carbocycles. The van der Waals surface area contributed by atoms with Crippen molar-refractivity contribution in [3.05, 3.63) is 35.9 Å². The third-order valence-electron chi connectivity index (χ3n) is 12.2. The first-order valence-corrected chi connectivity index (χ1v) is 14.5. The quantitative estimate of drug-likeness (QED) is 0.388. The Morgan fingerprint density at radius 2 is 1.57 bits per heavy atom. The minimum Gasteiger partial charge on any atom is -0.393 e. The second-order valence-electron chi connectivity index (χ2n) is 13.7. The van der Waals surface area contributed by atoms with Gasteiger partial charge >= 0.3 is 6.18 Å². The van der Waals surface area contributed by atoms with Gasteiger partial charge in [0.2, 0.25) is 0 Å². The number of benzene rings is 1. The molecule has 0 saturated heterocycles. The molecular formula is C31H45F3O3. The maximum absolute atomic E-state index is 13.6. The van der Waals surface area contributed by atoms with E-state index in [2.05, 4.69) is 20.8 Å². The number of hydrogen-bond acceptors (Lipinski definition) is 3. The summed E-state index contributed by atoms with van der Waals surface area (Å²) in [6.45, 7) is 6.76. The second-order valence-corrected chi connectivity index (χ2v) is 13.7. The minimum atomic E-state index is -4.56. The van der Waals surface area contributed by atoms with Gasteiger partial charge in [-0.2, -0.15) is 13.2 Å². The molecule has 0 aliphatic heterocycles. The molecule has 11 atom stereocenters. The molecule has 6 heteroatoms. The highest BCUT2D eigenvalue weighted by atomic mass is 19.4. The van der Waals surface area contributed by atoms with Crippen LogP contribution in [0.1, 0.15) is 96.6 Å². The standard InChI is InChI=1S/C31H45F3O3/c1-19(26(35)17-27(36)20-7-5-4-6-8-20)23-11-12-24-22-10-9-21-18-30(37,31(32,33)34)16-15-28(21,2)25(22)13-14-29(23,24)3/h4-8,19,21-27,35-37H,9-18H2,1-3H3/t19-,21-,22-,23+,24-,25-,26+,27-,28-,29+,30-/m0/s1. The van der Waals surface area contributed by atoms with Gasteiger partial charge in [-0.05, 0) is 110 Å². The van der Waals surface area contributed by atoms with E-state index >= 15 is 0 Å². The van der Waals surface area contributed by atoms with Crippen LogP contribution >= 0.6 is 0 Å². The average molecular weight is 523 g/mol. The van der Waals surface area contributed by atoms with Gasteiger partial charge < -0.3 is 15.3 Å². The molecule has 0 spiro atoms. The van der Waals surface area contributed by atoms with Crippen molar-refractivity contribution in [2.75, 3.05) is 0 Å². The number of alkyl halides is 3. The summed E-state index contributed by atoms with van der Waals surface area (Å²) in [6, 6.07) is 9.52. The van der Waals surface area contributed by atoms with E-state index < -0.39 is 24.0 Å². The van der Waals surface area contributed by atoms with Crippen molar-refractivity contribution in [3.8, 4) is 0 Å². The Balaban J connectivity index is 1.28. The molecule has 3 N–H and O–H groups in total. The van der Waals surface area contributed by atoms with Crippen LogP contribution in [0.15, 0.2) is 30.3 Å². The predicted octanol–water partition coefficient (Wildman–Crippen LogP) is 7.06. The molecular weight excluding hydrogens is 477 g/mol. The molecule has 37 heavy (non-hydrogen) atoms.